The summed E-state index contributed by atoms with van der Waals surface area (Å²) in [4.78, 5) is 0. The summed E-state index contributed by atoms with van der Waals surface area (Å²) < 4.78 is 33.8. The molecule has 0 amide bonds. The molecule has 0 fully saturated rings. The Labute approximate surface area is 51.4 Å². The fourth-order valence-electron chi connectivity index (χ4n) is 0.261. The molecule has 0 saturated heterocycles. The summed E-state index contributed by atoms with van der Waals surface area (Å²) in [5, 5.41) is 0. The van der Waals surface area contributed by atoms with Crippen molar-refractivity contribution in [3.8, 4) is 12.3 Å². The first kappa shape index (κ1) is 8.09. The van der Waals surface area contributed by atoms with Crippen molar-refractivity contribution in [2.75, 3.05) is 0 Å². The minimum Gasteiger partial charge on any atom is -0.171 e. The van der Waals surface area contributed by atoms with Crippen LogP contribution in [0, 0.1) is 12.3 Å². The van der Waals surface area contributed by atoms with Crippen molar-refractivity contribution in [2.45, 2.75) is 12.6 Å². The Kier molecular flexibility index (Phi) is 2.86. The van der Waals surface area contributed by atoms with Crippen LogP contribution in [0.2, 0.25) is 0 Å². The standard InChI is InChI=1S/C6H5F3/c1-2-3-4-5-6(7,8)9/h1,3-4H,5H2/b4-3+. The smallest absolute Gasteiger partial charge is 0.171 e. The maximum absolute atomic E-state index is 11.3. The highest BCUT2D eigenvalue weighted by Crippen LogP contribution is 2.19. The molecule has 0 N–H and O–H groups in total. The molecule has 0 aliphatic heterocycles. The molecule has 0 radical (unpaired) electrons. The Morgan fingerprint density at radius 3 is 2.33 bits per heavy atom. The van der Waals surface area contributed by atoms with E-state index in [9.17, 15) is 13.2 Å². The highest BCUT2D eigenvalue weighted by atomic mass is 19.4. The zero-order chi connectivity index (χ0) is 7.33. The third kappa shape index (κ3) is 7.09. The average Bonchev–Trinajstić information content (AvgIpc) is 1.63. The van der Waals surface area contributed by atoms with E-state index >= 15 is 0 Å². The van der Waals surface area contributed by atoms with Crippen molar-refractivity contribution in [3.63, 3.8) is 0 Å². The van der Waals surface area contributed by atoms with E-state index in [1.54, 1.807) is 0 Å². The van der Waals surface area contributed by atoms with E-state index in [0.29, 0.717) is 0 Å². The minimum absolute atomic E-state index is 0.903. The van der Waals surface area contributed by atoms with Crippen molar-refractivity contribution in [1.29, 1.82) is 0 Å². The molecular formula is C6H5F3. The summed E-state index contributed by atoms with van der Waals surface area (Å²) in [7, 11) is 0. The van der Waals surface area contributed by atoms with Gasteiger partial charge >= 0.3 is 6.18 Å². The largest absolute Gasteiger partial charge is 0.392 e. The molecule has 0 unspecified atom stereocenters. The summed E-state index contributed by atoms with van der Waals surface area (Å²) in [5.74, 6) is 1.96. The van der Waals surface area contributed by atoms with E-state index in [4.69, 9.17) is 0 Å². The van der Waals surface area contributed by atoms with Gasteiger partial charge in [-0.1, -0.05) is 12.0 Å². The van der Waals surface area contributed by atoms with Gasteiger partial charge in [-0.3, -0.25) is 0 Å². The van der Waals surface area contributed by atoms with Gasteiger partial charge < -0.3 is 0 Å². The lowest BCUT2D eigenvalue weighted by molar-refractivity contribution is -0.125. The molecule has 0 nitrogen and oxygen atoms in total. The molecule has 0 atom stereocenters. The van der Waals surface area contributed by atoms with Crippen molar-refractivity contribution >= 4 is 0 Å². The molecule has 9 heavy (non-hydrogen) atoms. The number of hydrogen-bond donors (Lipinski definition) is 0. The Bertz CT molecular complexity index is 135. The molecule has 0 rings (SSSR count). The van der Waals surface area contributed by atoms with Gasteiger partial charge in [0.25, 0.3) is 0 Å². The van der Waals surface area contributed by atoms with E-state index in [2.05, 4.69) is 6.42 Å². The lowest BCUT2D eigenvalue weighted by Crippen LogP contribution is -2.03. The van der Waals surface area contributed by atoms with Crippen LogP contribution < -0.4 is 0 Å². The minimum atomic E-state index is -4.13. The number of rotatable bonds is 1. The normalized spacial score (nSPS) is 11.8. The lowest BCUT2D eigenvalue weighted by atomic mass is 10.4. The predicted molar refractivity (Wildman–Crippen MR) is 28.6 cm³/mol. The SMILES string of the molecule is C#C/C=C/CC(F)(F)F. The molecule has 0 saturated carbocycles. The van der Waals surface area contributed by atoms with E-state index in [0.717, 1.165) is 12.2 Å². The first-order valence-corrected chi connectivity index (χ1v) is 2.24. The predicted octanol–water partition coefficient (Wildman–Crippen LogP) is 2.13. The summed E-state index contributed by atoms with van der Waals surface area (Å²) in [6, 6.07) is 0. The van der Waals surface area contributed by atoms with Crippen LogP contribution in [-0.2, 0) is 0 Å². The van der Waals surface area contributed by atoms with Crippen LogP contribution in [0.25, 0.3) is 0 Å². The third-order valence-electron chi connectivity index (χ3n) is 0.563. The van der Waals surface area contributed by atoms with Gasteiger partial charge in [-0.05, 0) is 6.08 Å². The Balaban J connectivity index is 3.54. The van der Waals surface area contributed by atoms with Crippen LogP contribution >= 0.6 is 0 Å². The second kappa shape index (κ2) is 3.18. The molecular weight excluding hydrogens is 129 g/mol. The zero-order valence-electron chi connectivity index (χ0n) is 4.57. The van der Waals surface area contributed by atoms with Gasteiger partial charge in [-0.15, -0.1) is 6.42 Å². The Morgan fingerprint density at radius 1 is 1.44 bits per heavy atom. The van der Waals surface area contributed by atoms with Crippen LogP contribution in [0.4, 0.5) is 13.2 Å². The highest BCUT2D eigenvalue weighted by Gasteiger charge is 2.24. The molecule has 0 spiro atoms. The summed E-state index contributed by atoms with van der Waals surface area (Å²) in [6.07, 6.45) is 1.51. The lowest BCUT2D eigenvalue weighted by Gasteiger charge is -1.98. The van der Waals surface area contributed by atoms with Gasteiger partial charge in [-0.2, -0.15) is 13.2 Å². The highest BCUT2D eigenvalue weighted by molar-refractivity contribution is 5.08. The molecule has 0 aliphatic rings. The van der Waals surface area contributed by atoms with E-state index in [-0.39, 0.29) is 0 Å². The van der Waals surface area contributed by atoms with Crippen LogP contribution in [0.1, 0.15) is 6.42 Å². The van der Waals surface area contributed by atoms with Crippen molar-refractivity contribution in [2.24, 2.45) is 0 Å². The summed E-state index contributed by atoms with van der Waals surface area (Å²) >= 11 is 0. The topological polar surface area (TPSA) is 0 Å². The molecule has 50 valence electrons. The quantitative estimate of drug-likeness (QED) is 0.482. The second-order valence-corrected chi connectivity index (χ2v) is 1.39. The molecule has 0 aromatic carbocycles. The van der Waals surface area contributed by atoms with Crippen LogP contribution in [0.15, 0.2) is 12.2 Å². The van der Waals surface area contributed by atoms with Crippen LogP contribution in [0.5, 0.6) is 0 Å². The second-order valence-electron chi connectivity index (χ2n) is 1.39. The van der Waals surface area contributed by atoms with Gasteiger partial charge in [0.1, 0.15) is 0 Å². The maximum atomic E-state index is 11.3. The van der Waals surface area contributed by atoms with Gasteiger partial charge in [0.2, 0.25) is 0 Å². The molecule has 0 aromatic rings. The van der Waals surface area contributed by atoms with Crippen molar-refractivity contribution in [3.05, 3.63) is 12.2 Å². The number of halogens is 3. The van der Waals surface area contributed by atoms with Gasteiger partial charge in [0.05, 0.1) is 6.42 Å². The number of hydrogen-bond acceptors (Lipinski definition) is 0. The van der Waals surface area contributed by atoms with Crippen LogP contribution in [0.3, 0.4) is 0 Å². The number of allylic oxidation sites excluding steroid dienone is 2. The molecule has 0 aromatic heterocycles. The molecule has 0 bridgehead atoms. The first-order valence-electron chi connectivity index (χ1n) is 2.24. The molecule has 0 aliphatic carbocycles. The van der Waals surface area contributed by atoms with Crippen molar-refractivity contribution < 1.29 is 13.2 Å². The van der Waals surface area contributed by atoms with E-state index in [1.165, 1.54) is 0 Å². The number of alkyl halides is 3. The van der Waals surface area contributed by atoms with E-state index in [1.807, 2.05) is 5.92 Å². The average molecular weight is 134 g/mol. The fourth-order valence-corrected chi connectivity index (χ4v) is 0.261. The maximum Gasteiger partial charge on any atom is 0.392 e. The Hall–Kier alpha value is -0.910. The van der Waals surface area contributed by atoms with Crippen LogP contribution in [-0.4, -0.2) is 6.18 Å². The molecule has 3 heteroatoms. The van der Waals surface area contributed by atoms with Gasteiger partial charge in [0.15, 0.2) is 0 Å². The van der Waals surface area contributed by atoms with E-state index < -0.39 is 12.6 Å². The zero-order valence-corrected chi connectivity index (χ0v) is 4.57. The van der Waals surface area contributed by atoms with Gasteiger partial charge in [0, 0.05) is 0 Å². The number of terminal acetylenes is 1. The monoisotopic (exact) mass is 134 g/mol. The van der Waals surface area contributed by atoms with Gasteiger partial charge in [-0.25, -0.2) is 0 Å². The first-order chi connectivity index (χ1) is 4.06. The summed E-state index contributed by atoms with van der Waals surface area (Å²) in [5.41, 5.74) is 0. The fraction of sp³-hybridized carbons (Fsp3) is 0.333. The molecule has 0 heterocycles. The van der Waals surface area contributed by atoms with Crippen molar-refractivity contribution in [1.82, 2.24) is 0 Å². The summed E-state index contributed by atoms with van der Waals surface area (Å²) in [6.45, 7) is 0. The third-order valence-corrected chi connectivity index (χ3v) is 0.563. The Morgan fingerprint density at radius 2 is 2.00 bits per heavy atom.